The predicted molar refractivity (Wildman–Crippen MR) is 85.8 cm³/mol. The fraction of sp³-hybridized carbons (Fsp3) is 0.588. The maximum Gasteiger partial charge on any atom is 0.458 e. The third-order valence-electron chi connectivity index (χ3n) is 4.59. The first-order valence-corrected chi connectivity index (χ1v) is 7.58. The van der Waals surface area contributed by atoms with Gasteiger partial charge in [0.05, 0.1) is 11.2 Å². The molecule has 114 valence electrons. The van der Waals surface area contributed by atoms with Crippen LogP contribution < -0.4 is 0 Å². The van der Waals surface area contributed by atoms with Crippen molar-refractivity contribution in [1.82, 2.24) is 0 Å². The molecule has 0 bridgehead atoms. The van der Waals surface area contributed by atoms with Crippen molar-refractivity contribution in [3.63, 3.8) is 0 Å². The predicted octanol–water partition coefficient (Wildman–Crippen LogP) is 3.97. The second-order valence-corrected chi connectivity index (χ2v) is 6.97. The molecule has 1 saturated heterocycles. The van der Waals surface area contributed by atoms with Crippen LogP contribution >= 0.6 is 0 Å². The van der Waals surface area contributed by atoms with Crippen molar-refractivity contribution >= 4 is 12.9 Å². The average molecular weight is 288 g/mol. The van der Waals surface area contributed by atoms with Crippen molar-refractivity contribution in [2.24, 2.45) is 0 Å². The number of rotatable bonds is 4. The van der Waals surface area contributed by atoms with Gasteiger partial charge >= 0.3 is 7.12 Å². The highest BCUT2D eigenvalue weighted by atomic mass is 16.7. The van der Waals surface area contributed by atoms with Crippen LogP contribution in [0, 0.1) is 13.8 Å². The smallest absolute Gasteiger partial charge is 0.403 e. The summed E-state index contributed by atoms with van der Waals surface area (Å²) in [5.74, 6) is 0.155. The molecule has 0 spiro atoms. The summed E-state index contributed by atoms with van der Waals surface area (Å²) in [5, 5.41) is 0. The molecule has 0 aliphatic carbocycles. The second kappa shape index (κ2) is 5.58. The quantitative estimate of drug-likeness (QED) is 0.621. The Morgan fingerprint density at radius 3 is 2.19 bits per heavy atom. The molecule has 0 saturated carbocycles. The molecule has 0 N–H and O–H groups in total. The van der Waals surface area contributed by atoms with Crippen molar-refractivity contribution in [3.05, 3.63) is 34.9 Å². The van der Waals surface area contributed by atoms with Gasteiger partial charge in [0.2, 0.25) is 0 Å². The van der Waals surface area contributed by atoms with E-state index in [1.165, 1.54) is 5.56 Å². The standard InChI is InChI=1S/C17H25BO3/c1-12-7-8-14(13(2)11-12)15(19)9-10-18-20-16(3,4)17(5,6)21-18/h7-8,11H,9-10H2,1-6H3. The van der Waals surface area contributed by atoms with Crippen LogP contribution in [0.3, 0.4) is 0 Å². The van der Waals surface area contributed by atoms with Gasteiger partial charge in [0.25, 0.3) is 0 Å². The molecule has 21 heavy (non-hydrogen) atoms. The van der Waals surface area contributed by atoms with Crippen molar-refractivity contribution in [2.45, 2.75) is 65.5 Å². The number of Topliss-reactive ketones (excluding diaryl/α,β-unsaturated/α-hetero) is 1. The van der Waals surface area contributed by atoms with E-state index in [9.17, 15) is 4.79 Å². The number of carbonyl (C=O) groups is 1. The fourth-order valence-electron chi connectivity index (χ4n) is 2.59. The summed E-state index contributed by atoms with van der Waals surface area (Å²) in [6.45, 7) is 12.1. The zero-order valence-electron chi connectivity index (χ0n) is 13.9. The van der Waals surface area contributed by atoms with Gasteiger partial charge in [0, 0.05) is 12.0 Å². The summed E-state index contributed by atoms with van der Waals surface area (Å²) in [5.41, 5.74) is 2.35. The molecule has 0 atom stereocenters. The lowest BCUT2D eigenvalue weighted by Gasteiger charge is -2.32. The van der Waals surface area contributed by atoms with Crippen molar-refractivity contribution in [1.29, 1.82) is 0 Å². The first-order valence-electron chi connectivity index (χ1n) is 7.58. The van der Waals surface area contributed by atoms with Crippen molar-refractivity contribution in [2.75, 3.05) is 0 Å². The number of carbonyl (C=O) groups excluding carboxylic acids is 1. The van der Waals surface area contributed by atoms with Gasteiger partial charge in [-0.2, -0.15) is 0 Å². The Morgan fingerprint density at radius 2 is 1.67 bits per heavy atom. The monoisotopic (exact) mass is 288 g/mol. The number of aryl methyl sites for hydroxylation is 2. The van der Waals surface area contributed by atoms with Gasteiger partial charge in [-0.1, -0.05) is 23.8 Å². The van der Waals surface area contributed by atoms with E-state index in [1.54, 1.807) is 0 Å². The Balaban J connectivity index is 1.97. The molecule has 1 aliphatic heterocycles. The molecule has 1 heterocycles. The van der Waals surface area contributed by atoms with Crippen LogP contribution in [-0.4, -0.2) is 24.1 Å². The van der Waals surface area contributed by atoms with E-state index in [2.05, 4.69) is 0 Å². The normalized spacial score (nSPS) is 19.8. The van der Waals surface area contributed by atoms with E-state index in [1.807, 2.05) is 59.7 Å². The summed E-state index contributed by atoms with van der Waals surface area (Å²) in [6.07, 6.45) is 1.04. The van der Waals surface area contributed by atoms with Gasteiger partial charge in [0.15, 0.2) is 5.78 Å². The Labute approximate surface area is 128 Å². The van der Waals surface area contributed by atoms with Crippen LogP contribution in [0.4, 0.5) is 0 Å². The zero-order chi connectivity index (χ0) is 15.8. The minimum absolute atomic E-state index is 0.155. The highest BCUT2D eigenvalue weighted by Crippen LogP contribution is 2.38. The molecule has 0 radical (unpaired) electrons. The third-order valence-corrected chi connectivity index (χ3v) is 4.59. The van der Waals surface area contributed by atoms with Gasteiger partial charge in [-0.05, 0) is 53.4 Å². The molecular formula is C17H25BO3. The van der Waals surface area contributed by atoms with E-state index in [-0.39, 0.29) is 24.1 Å². The summed E-state index contributed by atoms with van der Waals surface area (Å²) in [4.78, 5) is 12.3. The number of hydrogen-bond acceptors (Lipinski definition) is 3. The molecule has 0 unspecified atom stereocenters. The van der Waals surface area contributed by atoms with Crippen LogP contribution in [-0.2, 0) is 9.31 Å². The Morgan fingerprint density at radius 1 is 1.10 bits per heavy atom. The highest BCUT2D eigenvalue weighted by molar-refractivity contribution is 6.46. The summed E-state index contributed by atoms with van der Waals surface area (Å²) >= 11 is 0. The van der Waals surface area contributed by atoms with Crippen LogP contribution in [0.25, 0.3) is 0 Å². The fourth-order valence-corrected chi connectivity index (χ4v) is 2.59. The minimum atomic E-state index is -0.333. The van der Waals surface area contributed by atoms with E-state index in [0.29, 0.717) is 12.7 Å². The molecule has 4 heteroatoms. The van der Waals surface area contributed by atoms with Crippen LogP contribution in [0.1, 0.15) is 55.6 Å². The van der Waals surface area contributed by atoms with Gasteiger partial charge in [-0.25, -0.2) is 0 Å². The molecule has 3 nitrogen and oxygen atoms in total. The van der Waals surface area contributed by atoms with Crippen LogP contribution in [0.2, 0.25) is 6.32 Å². The third kappa shape index (κ3) is 3.38. The van der Waals surface area contributed by atoms with E-state index in [4.69, 9.17) is 9.31 Å². The van der Waals surface area contributed by atoms with E-state index in [0.717, 1.165) is 11.1 Å². The zero-order valence-corrected chi connectivity index (χ0v) is 13.9. The molecule has 2 rings (SSSR count). The maximum absolute atomic E-state index is 12.3. The molecule has 1 fully saturated rings. The number of benzene rings is 1. The summed E-state index contributed by atoms with van der Waals surface area (Å²) in [6, 6.07) is 5.94. The van der Waals surface area contributed by atoms with Gasteiger partial charge in [-0.15, -0.1) is 0 Å². The average Bonchev–Trinajstić information content (AvgIpc) is 2.55. The van der Waals surface area contributed by atoms with Gasteiger partial charge in [-0.3, -0.25) is 4.79 Å². The van der Waals surface area contributed by atoms with Gasteiger partial charge in [0.1, 0.15) is 0 Å². The van der Waals surface area contributed by atoms with Crippen LogP contribution in [0.15, 0.2) is 18.2 Å². The maximum atomic E-state index is 12.3. The summed E-state index contributed by atoms with van der Waals surface area (Å²) in [7, 11) is -0.301. The lowest BCUT2D eigenvalue weighted by Crippen LogP contribution is -2.41. The van der Waals surface area contributed by atoms with E-state index < -0.39 is 0 Å². The highest BCUT2D eigenvalue weighted by Gasteiger charge is 2.50. The van der Waals surface area contributed by atoms with Crippen molar-refractivity contribution < 1.29 is 14.1 Å². The van der Waals surface area contributed by atoms with Crippen LogP contribution in [0.5, 0.6) is 0 Å². The summed E-state index contributed by atoms with van der Waals surface area (Å²) < 4.78 is 11.9. The van der Waals surface area contributed by atoms with Gasteiger partial charge < -0.3 is 9.31 Å². The van der Waals surface area contributed by atoms with Crippen molar-refractivity contribution in [3.8, 4) is 0 Å². The topological polar surface area (TPSA) is 35.5 Å². The molecule has 1 aromatic carbocycles. The SMILES string of the molecule is Cc1ccc(C(=O)CCB2OC(C)(C)C(C)(C)O2)c(C)c1. The molecule has 0 aromatic heterocycles. The lowest BCUT2D eigenvalue weighted by molar-refractivity contribution is 0.00578. The largest absolute Gasteiger partial charge is 0.458 e. The number of hydrogen-bond donors (Lipinski definition) is 0. The molecular weight excluding hydrogens is 263 g/mol. The molecule has 1 aromatic rings. The van der Waals surface area contributed by atoms with E-state index >= 15 is 0 Å². The first-order chi connectivity index (χ1) is 9.62. The Hall–Kier alpha value is -1.13. The first kappa shape index (κ1) is 16.2. The second-order valence-electron chi connectivity index (χ2n) is 6.97. The number of ketones is 1. The molecule has 1 aliphatic rings. The Kier molecular flexibility index (Phi) is 4.32. The molecule has 0 amide bonds. The lowest BCUT2D eigenvalue weighted by atomic mass is 9.81. The minimum Gasteiger partial charge on any atom is -0.403 e. The Bertz CT molecular complexity index is 533.